The van der Waals surface area contributed by atoms with E-state index in [0.29, 0.717) is 18.9 Å². The normalized spacial score (nSPS) is 23.7. The zero-order valence-corrected chi connectivity index (χ0v) is 14.9. The Labute approximate surface area is 134 Å². The third-order valence-electron chi connectivity index (χ3n) is 4.65. The van der Waals surface area contributed by atoms with Crippen LogP contribution in [0.25, 0.3) is 0 Å². The summed E-state index contributed by atoms with van der Waals surface area (Å²) < 4.78 is 0. The molecule has 0 bridgehead atoms. The van der Waals surface area contributed by atoms with Gasteiger partial charge in [-0.3, -0.25) is 4.79 Å². The van der Waals surface area contributed by atoms with Gasteiger partial charge in [0.25, 0.3) is 0 Å². The van der Waals surface area contributed by atoms with Crippen LogP contribution in [0.5, 0.6) is 0 Å². The van der Waals surface area contributed by atoms with Crippen LogP contribution in [0.4, 0.5) is 4.79 Å². The fraction of sp³-hybridized carbons (Fsp3) is 0.882. The van der Waals surface area contributed by atoms with Gasteiger partial charge in [0.2, 0.25) is 0 Å². The van der Waals surface area contributed by atoms with E-state index >= 15 is 0 Å². The number of carboxylic acids is 1. The number of nitrogens with zero attached hydrogens (tertiary/aromatic N) is 1. The van der Waals surface area contributed by atoms with Crippen LogP contribution < -0.4 is 5.32 Å². The summed E-state index contributed by atoms with van der Waals surface area (Å²) in [7, 11) is 0. The summed E-state index contributed by atoms with van der Waals surface area (Å²) in [6, 6.07) is -0.0345. The molecule has 0 aromatic rings. The van der Waals surface area contributed by atoms with Crippen LogP contribution in [0.15, 0.2) is 0 Å². The van der Waals surface area contributed by atoms with Crippen molar-refractivity contribution in [3.05, 3.63) is 0 Å². The van der Waals surface area contributed by atoms with Gasteiger partial charge in [-0.1, -0.05) is 34.6 Å². The van der Waals surface area contributed by atoms with Crippen LogP contribution in [-0.2, 0) is 4.79 Å². The monoisotopic (exact) mass is 312 g/mol. The molecule has 128 valence electrons. The molecule has 0 aromatic heterocycles. The maximum absolute atomic E-state index is 12.5. The molecule has 0 saturated carbocycles. The molecule has 0 aromatic carbocycles. The van der Waals surface area contributed by atoms with E-state index in [1.54, 1.807) is 11.8 Å². The molecule has 1 saturated heterocycles. The maximum atomic E-state index is 12.5. The van der Waals surface area contributed by atoms with Gasteiger partial charge < -0.3 is 15.3 Å². The number of aliphatic carboxylic acids is 1. The third kappa shape index (κ3) is 4.89. The second kappa shape index (κ2) is 6.88. The Balaban J connectivity index is 2.66. The summed E-state index contributed by atoms with van der Waals surface area (Å²) in [5.74, 6) is -0.223. The lowest BCUT2D eigenvalue weighted by Crippen LogP contribution is -2.49. The highest BCUT2D eigenvalue weighted by atomic mass is 16.4. The van der Waals surface area contributed by atoms with Crippen LogP contribution in [0, 0.1) is 16.7 Å². The highest BCUT2D eigenvalue weighted by Gasteiger charge is 2.42. The number of carbonyl (C=O) groups excluding carboxylic acids is 1. The summed E-state index contributed by atoms with van der Waals surface area (Å²) in [6.45, 7) is 13.3. The lowest BCUT2D eigenvalue weighted by atomic mass is 9.83. The first-order chi connectivity index (χ1) is 9.95. The number of likely N-dealkylation sites (tertiary alicyclic amines) is 1. The molecule has 5 heteroatoms. The van der Waals surface area contributed by atoms with Gasteiger partial charge in [-0.25, -0.2) is 4.79 Å². The van der Waals surface area contributed by atoms with E-state index in [9.17, 15) is 14.7 Å². The van der Waals surface area contributed by atoms with Crippen LogP contribution in [-0.4, -0.2) is 41.1 Å². The number of hydrogen-bond donors (Lipinski definition) is 2. The molecular weight excluding hydrogens is 280 g/mol. The number of amides is 2. The minimum Gasteiger partial charge on any atom is -0.481 e. The standard InChI is InChI=1S/C17H32N2O3/c1-12(2)7-8-13(16(3,4)5)18-15(22)19-10-9-17(6,11-19)14(20)21/h12-13H,7-11H2,1-6H3,(H,18,22)(H,20,21). The summed E-state index contributed by atoms with van der Waals surface area (Å²) in [4.78, 5) is 25.4. The molecule has 1 rings (SSSR count). The molecule has 1 heterocycles. The van der Waals surface area contributed by atoms with E-state index in [2.05, 4.69) is 39.9 Å². The third-order valence-corrected chi connectivity index (χ3v) is 4.65. The number of nitrogens with one attached hydrogen (secondary N) is 1. The van der Waals surface area contributed by atoms with Crippen molar-refractivity contribution in [3.63, 3.8) is 0 Å². The first kappa shape index (κ1) is 18.8. The number of urea groups is 1. The van der Waals surface area contributed by atoms with Gasteiger partial charge >= 0.3 is 12.0 Å². The molecule has 2 amide bonds. The van der Waals surface area contributed by atoms with E-state index in [0.717, 1.165) is 12.8 Å². The largest absolute Gasteiger partial charge is 0.481 e. The average molecular weight is 312 g/mol. The predicted octanol–water partition coefficient (Wildman–Crippen LogP) is 3.34. The van der Waals surface area contributed by atoms with Gasteiger partial charge in [-0.05, 0) is 37.5 Å². The van der Waals surface area contributed by atoms with Crippen molar-refractivity contribution in [3.8, 4) is 0 Å². The quantitative estimate of drug-likeness (QED) is 0.818. The first-order valence-electron chi connectivity index (χ1n) is 8.24. The average Bonchev–Trinajstić information content (AvgIpc) is 2.76. The van der Waals surface area contributed by atoms with E-state index in [1.165, 1.54) is 0 Å². The van der Waals surface area contributed by atoms with E-state index < -0.39 is 11.4 Å². The van der Waals surface area contributed by atoms with Crippen LogP contribution in [0.3, 0.4) is 0 Å². The Bertz CT molecular complexity index is 415. The zero-order chi connectivity index (χ0) is 17.1. The van der Waals surface area contributed by atoms with Gasteiger partial charge in [-0.15, -0.1) is 0 Å². The molecule has 0 spiro atoms. The fourth-order valence-corrected chi connectivity index (χ4v) is 2.77. The van der Waals surface area contributed by atoms with E-state index in [1.807, 2.05) is 0 Å². The molecule has 2 atom stereocenters. The predicted molar refractivity (Wildman–Crippen MR) is 87.8 cm³/mol. The second-order valence-corrected chi connectivity index (χ2v) is 8.38. The number of carboxylic acid groups (broad SMARTS) is 1. The summed E-state index contributed by atoms with van der Waals surface area (Å²) in [6.07, 6.45) is 2.52. The lowest BCUT2D eigenvalue weighted by molar-refractivity contribution is -0.147. The van der Waals surface area contributed by atoms with Gasteiger partial charge in [0.05, 0.1) is 5.41 Å². The highest BCUT2D eigenvalue weighted by molar-refractivity contribution is 5.79. The second-order valence-electron chi connectivity index (χ2n) is 8.38. The topological polar surface area (TPSA) is 69.6 Å². The molecule has 22 heavy (non-hydrogen) atoms. The van der Waals surface area contributed by atoms with Gasteiger partial charge in [0, 0.05) is 19.1 Å². The Morgan fingerprint density at radius 2 is 1.86 bits per heavy atom. The lowest BCUT2D eigenvalue weighted by Gasteiger charge is -2.33. The van der Waals surface area contributed by atoms with Crippen molar-refractivity contribution in [2.24, 2.45) is 16.7 Å². The molecule has 1 aliphatic rings. The minimum absolute atomic E-state index is 0.0135. The fourth-order valence-electron chi connectivity index (χ4n) is 2.77. The minimum atomic E-state index is -0.824. The van der Waals surface area contributed by atoms with Gasteiger partial charge in [0.1, 0.15) is 0 Å². The van der Waals surface area contributed by atoms with E-state index in [4.69, 9.17) is 0 Å². The molecule has 0 aliphatic carbocycles. The Morgan fingerprint density at radius 3 is 2.27 bits per heavy atom. The molecule has 2 unspecified atom stereocenters. The van der Waals surface area contributed by atoms with Crippen LogP contribution >= 0.6 is 0 Å². The maximum Gasteiger partial charge on any atom is 0.317 e. The number of carbonyl (C=O) groups is 2. The number of rotatable bonds is 5. The molecule has 1 aliphatic heterocycles. The first-order valence-corrected chi connectivity index (χ1v) is 8.24. The van der Waals surface area contributed by atoms with E-state index in [-0.39, 0.29) is 24.0 Å². The summed E-state index contributed by atoms with van der Waals surface area (Å²) in [5.41, 5.74) is -0.827. The molecule has 1 fully saturated rings. The molecule has 2 N–H and O–H groups in total. The smallest absolute Gasteiger partial charge is 0.317 e. The molecular formula is C17H32N2O3. The van der Waals surface area contributed by atoms with Crippen molar-refractivity contribution in [1.82, 2.24) is 10.2 Å². The molecule has 0 radical (unpaired) electrons. The Kier molecular flexibility index (Phi) is 5.88. The summed E-state index contributed by atoms with van der Waals surface area (Å²) >= 11 is 0. The van der Waals surface area contributed by atoms with Gasteiger partial charge in [0.15, 0.2) is 0 Å². The van der Waals surface area contributed by atoms with Crippen molar-refractivity contribution in [2.75, 3.05) is 13.1 Å². The highest BCUT2D eigenvalue weighted by Crippen LogP contribution is 2.31. The summed E-state index contributed by atoms with van der Waals surface area (Å²) in [5, 5.41) is 12.4. The SMILES string of the molecule is CC(C)CCC(NC(=O)N1CCC(C)(C(=O)O)C1)C(C)(C)C. The van der Waals surface area contributed by atoms with Crippen LogP contribution in [0.1, 0.15) is 60.8 Å². The molecule has 5 nitrogen and oxygen atoms in total. The Morgan fingerprint density at radius 1 is 1.27 bits per heavy atom. The number of hydrogen-bond acceptors (Lipinski definition) is 2. The van der Waals surface area contributed by atoms with Crippen LogP contribution in [0.2, 0.25) is 0 Å². The van der Waals surface area contributed by atoms with Crippen molar-refractivity contribution >= 4 is 12.0 Å². The van der Waals surface area contributed by atoms with Crippen molar-refractivity contribution in [2.45, 2.75) is 66.8 Å². The van der Waals surface area contributed by atoms with Crippen molar-refractivity contribution < 1.29 is 14.7 Å². The zero-order valence-electron chi connectivity index (χ0n) is 14.9. The van der Waals surface area contributed by atoms with Crippen molar-refractivity contribution in [1.29, 1.82) is 0 Å². The van der Waals surface area contributed by atoms with Gasteiger partial charge in [-0.2, -0.15) is 0 Å². The Hall–Kier alpha value is -1.26.